The van der Waals surface area contributed by atoms with Gasteiger partial charge in [0.15, 0.2) is 11.6 Å². The molecule has 1 aliphatic rings. The molecule has 12 nitrogen and oxygen atoms in total. The van der Waals surface area contributed by atoms with E-state index >= 15 is 4.39 Å². The Morgan fingerprint density at radius 3 is 2.45 bits per heavy atom. The summed E-state index contributed by atoms with van der Waals surface area (Å²) in [5.74, 6) is -0.225. The molecule has 1 fully saturated rings. The second kappa shape index (κ2) is 18.6. The van der Waals surface area contributed by atoms with Gasteiger partial charge in [0, 0.05) is 30.8 Å². The van der Waals surface area contributed by atoms with Crippen molar-refractivity contribution in [1.82, 2.24) is 34.9 Å². The molecular formula is C36H53FN8O4. The number of carbonyl (C=O) groups is 1. The largest absolute Gasteiger partial charge is 0.486 e. The van der Waals surface area contributed by atoms with Gasteiger partial charge in [-0.1, -0.05) is 59.3 Å². The molecule has 3 aromatic rings. The fourth-order valence-corrected chi connectivity index (χ4v) is 5.83. The molecule has 268 valence electrons. The van der Waals surface area contributed by atoms with Crippen LogP contribution < -0.4 is 4.74 Å². The van der Waals surface area contributed by atoms with Crippen molar-refractivity contribution in [1.29, 1.82) is 5.26 Å². The zero-order valence-corrected chi connectivity index (χ0v) is 29.9. The number of rotatable bonds is 18. The van der Waals surface area contributed by atoms with Crippen molar-refractivity contribution in [3.05, 3.63) is 41.5 Å². The molecule has 0 aliphatic carbocycles. The van der Waals surface area contributed by atoms with Crippen molar-refractivity contribution in [2.45, 2.75) is 124 Å². The first kappa shape index (κ1) is 37.8. The number of nitriles is 1. The zero-order valence-electron chi connectivity index (χ0n) is 29.9. The lowest BCUT2D eigenvalue weighted by atomic mass is 9.89. The van der Waals surface area contributed by atoms with Crippen LogP contribution in [0.15, 0.2) is 24.4 Å². The van der Waals surface area contributed by atoms with Gasteiger partial charge < -0.3 is 19.1 Å². The quantitative estimate of drug-likeness (QED) is 0.125. The molecule has 1 aromatic carbocycles. The van der Waals surface area contributed by atoms with Crippen molar-refractivity contribution < 1.29 is 23.4 Å². The van der Waals surface area contributed by atoms with Crippen molar-refractivity contribution in [3.63, 3.8) is 0 Å². The summed E-state index contributed by atoms with van der Waals surface area (Å²) in [6.45, 7) is 13.2. The summed E-state index contributed by atoms with van der Waals surface area (Å²) in [4.78, 5) is 15.3. The Bertz CT molecular complexity index is 1500. The van der Waals surface area contributed by atoms with Crippen molar-refractivity contribution >= 4 is 6.09 Å². The molecule has 2 aromatic heterocycles. The number of hydrogen-bond acceptors (Lipinski definition) is 9. The highest BCUT2D eigenvalue weighted by atomic mass is 19.1. The Labute approximate surface area is 289 Å². The molecule has 0 spiro atoms. The number of tetrazole rings is 1. The van der Waals surface area contributed by atoms with Crippen molar-refractivity contribution in [2.24, 2.45) is 5.41 Å². The smallest absolute Gasteiger partial charge is 0.410 e. The summed E-state index contributed by atoms with van der Waals surface area (Å²) < 4.78 is 33.5. The molecule has 0 atom stereocenters. The number of benzene rings is 1. The fraction of sp³-hybridized carbons (Fsp3) is 0.667. The van der Waals surface area contributed by atoms with E-state index in [2.05, 4.69) is 47.3 Å². The predicted octanol–water partition coefficient (Wildman–Crippen LogP) is 7.49. The number of aromatic nitrogens is 6. The first-order valence-electron chi connectivity index (χ1n) is 17.7. The maximum atomic E-state index is 15.0. The molecule has 3 heterocycles. The number of hydrogen-bond donors (Lipinski definition) is 0. The predicted molar refractivity (Wildman–Crippen MR) is 183 cm³/mol. The standard InChI is InChI=1S/C36H53FN8O4/c1-27(2)49-35(46)43-18-15-30(16-19-43)45-32(24-38)29(25-39-45)26-48-33-14-13-28(23-31(33)37)34-40-42-44(41-34)20-22-47-21-12-10-8-6-7-9-11-17-36(3,4)5/h13-14,23,25,27,30H,6-12,15-22,26H2,1-5H3. The van der Waals surface area contributed by atoms with Gasteiger partial charge in [0.25, 0.3) is 0 Å². The number of piperidine rings is 1. The highest BCUT2D eigenvalue weighted by Crippen LogP contribution is 2.28. The van der Waals surface area contributed by atoms with E-state index in [1.54, 1.807) is 21.8 Å². The van der Waals surface area contributed by atoms with Gasteiger partial charge in [-0.3, -0.25) is 4.68 Å². The molecule has 1 saturated heterocycles. The van der Waals surface area contributed by atoms with Crippen LogP contribution in [0.5, 0.6) is 5.75 Å². The third kappa shape index (κ3) is 12.1. The van der Waals surface area contributed by atoms with Crippen LogP contribution in [0.25, 0.3) is 11.4 Å². The van der Waals surface area contributed by atoms with Crippen LogP contribution in [0, 0.1) is 22.6 Å². The molecule has 0 radical (unpaired) electrons. The summed E-state index contributed by atoms with van der Waals surface area (Å²) in [6, 6.07) is 6.67. The second-order valence-electron chi connectivity index (χ2n) is 14.3. The van der Waals surface area contributed by atoms with Crippen LogP contribution in [-0.2, 0) is 22.6 Å². The van der Waals surface area contributed by atoms with Gasteiger partial charge >= 0.3 is 6.09 Å². The van der Waals surface area contributed by atoms with Gasteiger partial charge in [-0.25, -0.2) is 9.18 Å². The summed E-state index contributed by atoms with van der Waals surface area (Å²) in [7, 11) is 0. The number of likely N-dealkylation sites (tertiary alicyclic amines) is 1. The van der Waals surface area contributed by atoms with E-state index < -0.39 is 5.82 Å². The van der Waals surface area contributed by atoms with Crippen LogP contribution in [-0.4, -0.2) is 73.4 Å². The summed E-state index contributed by atoms with van der Waals surface area (Å²) in [5.41, 5.74) is 1.84. The molecule has 0 bridgehead atoms. The summed E-state index contributed by atoms with van der Waals surface area (Å²) in [5, 5.41) is 26.8. The third-order valence-electron chi connectivity index (χ3n) is 8.56. The first-order valence-corrected chi connectivity index (χ1v) is 17.7. The molecule has 4 rings (SSSR count). The Kier molecular flexibility index (Phi) is 14.4. The SMILES string of the molecule is CC(C)OC(=O)N1CCC(n2ncc(COc3ccc(-c4nnn(CCOCCCCCCCCCC(C)(C)C)n4)cc3F)c2C#N)CC1. The van der Waals surface area contributed by atoms with Gasteiger partial charge in [0.1, 0.15) is 18.4 Å². The van der Waals surface area contributed by atoms with Crippen LogP contribution in [0.1, 0.15) is 116 Å². The minimum absolute atomic E-state index is 0.0230. The molecule has 1 aliphatic heterocycles. The number of amides is 1. The number of unbranched alkanes of at least 4 members (excludes halogenated alkanes) is 6. The van der Waals surface area contributed by atoms with Gasteiger partial charge in [0.2, 0.25) is 5.82 Å². The van der Waals surface area contributed by atoms with Crippen LogP contribution in [0.4, 0.5) is 9.18 Å². The summed E-state index contributed by atoms with van der Waals surface area (Å²) >= 11 is 0. The lowest BCUT2D eigenvalue weighted by Crippen LogP contribution is -2.40. The first-order chi connectivity index (χ1) is 23.5. The highest BCUT2D eigenvalue weighted by molar-refractivity contribution is 5.67. The maximum Gasteiger partial charge on any atom is 0.410 e. The molecule has 0 saturated carbocycles. The Balaban J connectivity index is 1.16. The van der Waals surface area contributed by atoms with Gasteiger partial charge in [-0.05, 0) is 68.4 Å². The van der Waals surface area contributed by atoms with E-state index in [0.29, 0.717) is 73.7 Å². The maximum absolute atomic E-state index is 15.0. The molecule has 1 amide bonds. The summed E-state index contributed by atoms with van der Waals surface area (Å²) in [6.07, 6.45) is 12.4. The van der Waals surface area contributed by atoms with Gasteiger partial charge in [-0.2, -0.15) is 15.2 Å². The monoisotopic (exact) mass is 680 g/mol. The number of halogens is 1. The van der Waals surface area contributed by atoms with E-state index in [0.717, 1.165) is 6.42 Å². The minimum Gasteiger partial charge on any atom is -0.486 e. The molecule has 49 heavy (non-hydrogen) atoms. The average molecular weight is 681 g/mol. The Morgan fingerprint density at radius 2 is 1.78 bits per heavy atom. The topological polar surface area (TPSA) is 133 Å². The van der Waals surface area contributed by atoms with Gasteiger partial charge in [0.05, 0.1) is 31.5 Å². The highest BCUT2D eigenvalue weighted by Gasteiger charge is 2.28. The van der Waals surface area contributed by atoms with Crippen molar-refractivity contribution in [3.8, 4) is 23.2 Å². The van der Waals surface area contributed by atoms with E-state index in [4.69, 9.17) is 14.2 Å². The third-order valence-corrected chi connectivity index (χ3v) is 8.56. The molecule has 0 N–H and O–H groups in total. The number of nitrogens with zero attached hydrogens (tertiary/aromatic N) is 8. The van der Waals surface area contributed by atoms with E-state index in [1.807, 2.05) is 13.8 Å². The zero-order chi connectivity index (χ0) is 35.2. The fourth-order valence-electron chi connectivity index (χ4n) is 5.83. The van der Waals surface area contributed by atoms with Crippen LogP contribution in [0.3, 0.4) is 0 Å². The number of carbonyl (C=O) groups excluding carboxylic acids is 1. The molecule has 0 unspecified atom stereocenters. The Hall–Kier alpha value is -4.05. The van der Waals surface area contributed by atoms with Crippen LogP contribution >= 0.6 is 0 Å². The minimum atomic E-state index is -0.575. The van der Waals surface area contributed by atoms with E-state index in [1.165, 1.54) is 61.9 Å². The van der Waals surface area contributed by atoms with Crippen LogP contribution in [0.2, 0.25) is 0 Å². The molecule has 13 heteroatoms. The molecular weight excluding hydrogens is 627 g/mol. The van der Waals surface area contributed by atoms with Gasteiger partial charge in [-0.15, -0.1) is 10.2 Å². The van der Waals surface area contributed by atoms with E-state index in [-0.39, 0.29) is 30.6 Å². The second-order valence-corrected chi connectivity index (χ2v) is 14.3. The Morgan fingerprint density at radius 1 is 1.06 bits per heavy atom. The lowest BCUT2D eigenvalue weighted by Gasteiger charge is -2.32. The average Bonchev–Trinajstić information content (AvgIpc) is 3.71. The van der Waals surface area contributed by atoms with E-state index in [9.17, 15) is 10.1 Å². The number of ether oxygens (including phenoxy) is 3. The lowest BCUT2D eigenvalue weighted by molar-refractivity contribution is 0.0652. The van der Waals surface area contributed by atoms with Crippen molar-refractivity contribution in [2.75, 3.05) is 26.3 Å². The normalized spacial score (nSPS) is 14.0.